The highest BCUT2D eigenvalue weighted by molar-refractivity contribution is 5.94. The minimum Gasteiger partial charge on any atom is -0.480 e. The molecular weight excluding hydrogens is 406 g/mol. The standard InChI is InChI=1S/C19H37N7O5/c1-9(2)13(26-17(29)14(10(3)4)25-15(27)11(5)20)16(28)24-12(18(30)31)7-6-8-23-19(21)22/h9-14H,6-8,20H2,1-5H3,(H,24,28)(H,25,27)(H,26,29)(H,30,31)(H4,21,22,23). The van der Waals surface area contributed by atoms with Crippen LogP contribution in [-0.2, 0) is 19.2 Å². The van der Waals surface area contributed by atoms with Gasteiger partial charge in [0.15, 0.2) is 5.96 Å². The van der Waals surface area contributed by atoms with E-state index in [4.69, 9.17) is 17.2 Å². The van der Waals surface area contributed by atoms with E-state index >= 15 is 0 Å². The topological polar surface area (TPSA) is 215 Å². The van der Waals surface area contributed by atoms with Crippen LogP contribution in [0.1, 0.15) is 47.5 Å². The average molecular weight is 444 g/mol. The van der Waals surface area contributed by atoms with Crippen molar-refractivity contribution in [3.8, 4) is 0 Å². The van der Waals surface area contributed by atoms with Gasteiger partial charge in [0.25, 0.3) is 0 Å². The third-order valence-corrected chi connectivity index (χ3v) is 4.47. The Morgan fingerprint density at radius 2 is 1.29 bits per heavy atom. The Labute approximate surface area is 182 Å². The highest BCUT2D eigenvalue weighted by atomic mass is 16.4. The van der Waals surface area contributed by atoms with Crippen molar-refractivity contribution in [1.29, 1.82) is 0 Å². The number of aliphatic carboxylic acids is 1. The summed E-state index contributed by atoms with van der Waals surface area (Å²) < 4.78 is 0. The number of carboxylic acid groups (broad SMARTS) is 1. The first-order valence-electron chi connectivity index (χ1n) is 10.2. The molecule has 31 heavy (non-hydrogen) atoms. The quantitative estimate of drug-likeness (QED) is 0.0980. The van der Waals surface area contributed by atoms with Crippen molar-refractivity contribution in [1.82, 2.24) is 16.0 Å². The molecule has 0 radical (unpaired) electrons. The first-order valence-corrected chi connectivity index (χ1v) is 10.2. The van der Waals surface area contributed by atoms with Crippen LogP contribution in [0, 0.1) is 11.8 Å². The van der Waals surface area contributed by atoms with E-state index in [0.717, 1.165) is 0 Å². The Kier molecular flexibility index (Phi) is 12.2. The lowest BCUT2D eigenvalue weighted by molar-refractivity contribution is -0.142. The number of aliphatic imine (C=N–C) groups is 1. The number of nitrogens with zero attached hydrogens (tertiary/aromatic N) is 1. The molecule has 0 fully saturated rings. The van der Waals surface area contributed by atoms with Crippen molar-refractivity contribution in [2.45, 2.75) is 71.6 Å². The van der Waals surface area contributed by atoms with Gasteiger partial charge in [-0.25, -0.2) is 4.79 Å². The molecule has 12 heteroatoms. The van der Waals surface area contributed by atoms with Crippen molar-refractivity contribution in [2.24, 2.45) is 34.0 Å². The summed E-state index contributed by atoms with van der Waals surface area (Å²) >= 11 is 0. The highest BCUT2D eigenvalue weighted by Crippen LogP contribution is 2.08. The van der Waals surface area contributed by atoms with Gasteiger partial charge in [-0.05, 0) is 31.6 Å². The maximum absolute atomic E-state index is 12.8. The smallest absolute Gasteiger partial charge is 0.326 e. The number of carbonyl (C=O) groups is 4. The van der Waals surface area contributed by atoms with Crippen LogP contribution in [0.5, 0.6) is 0 Å². The molecule has 4 atom stereocenters. The number of nitrogens with one attached hydrogen (secondary N) is 3. The molecule has 178 valence electrons. The summed E-state index contributed by atoms with van der Waals surface area (Å²) in [6.07, 6.45) is 0.447. The predicted octanol–water partition coefficient (Wildman–Crippen LogP) is -1.76. The third-order valence-electron chi connectivity index (χ3n) is 4.47. The second-order valence-electron chi connectivity index (χ2n) is 8.10. The Morgan fingerprint density at radius 1 is 0.839 bits per heavy atom. The number of carbonyl (C=O) groups excluding carboxylic acids is 3. The van der Waals surface area contributed by atoms with E-state index in [1.807, 2.05) is 0 Å². The van der Waals surface area contributed by atoms with Crippen molar-refractivity contribution < 1.29 is 24.3 Å². The van der Waals surface area contributed by atoms with Gasteiger partial charge in [-0.15, -0.1) is 0 Å². The summed E-state index contributed by atoms with van der Waals surface area (Å²) in [6.45, 7) is 8.63. The molecule has 12 nitrogen and oxygen atoms in total. The zero-order valence-corrected chi connectivity index (χ0v) is 18.8. The average Bonchev–Trinajstić information content (AvgIpc) is 2.64. The highest BCUT2D eigenvalue weighted by Gasteiger charge is 2.32. The molecule has 0 aromatic carbocycles. The molecule has 0 aromatic heterocycles. The maximum atomic E-state index is 12.8. The molecular formula is C19H37N7O5. The molecule has 0 saturated heterocycles. The van der Waals surface area contributed by atoms with Crippen molar-refractivity contribution in [3.05, 3.63) is 0 Å². The minimum atomic E-state index is -1.21. The maximum Gasteiger partial charge on any atom is 0.326 e. The van der Waals surface area contributed by atoms with E-state index in [9.17, 15) is 24.3 Å². The van der Waals surface area contributed by atoms with Gasteiger partial charge in [-0.3, -0.25) is 19.4 Å². The van der Waals surface area contributed by atoms with Crippen molar-refractivity contribution in [2.75, 3.05) is 6.54 Å². The Balaban J connectivity index is 5.23. The van der Waals surface area contributed by atoms with E-state index in [2.05, 4.69) is 20.9 Å². The Morgan fingerprint density at radius 3 is 1.68 bits per heavy atom. The molecule has 4 unspecified atom stereocenters. The van der Waals surface area contributed by atoms with Gasteiger partial charge in [0.1, 0.15) is 18.1 Å². The van der Waals surface area contributed by atoms with Gasteiger partial charge in [0.05, 0.1) is 6.04 Å². The largest absolute Gasteiger partial charge is 0.480 e. The van der Waals surface area contributed by atoms with Crippen LogP contribution in [0.25, 0.3) is 0 Å². The molecule has 0 rings (SSSR count). The summed E-state index contributed by atoms with van der Waals surface area (Å²) in [5.41, 5.74) is 16.0. The van der Waals surface area contributed by atoms with Crippen LogP contribution in [0.15, 0.2) is 4.99 Å². The molecule has 0 saturated carbocycles. The van der Waals surface area contributed by atoms with Gasteiger partial charge in [0, 0.05) is 6.54 Å². The zero-order valence-electron chi connectivity index (χ0n) is 18.8. The van der Waals surface area contributed by atoms with E-state index in [-0.39, 0.29) is 30.8 Å². The molecule has 0 heterocycles. The van der Waals surface area contributed by atoms with Gasteiger partial charge in [0.2, 0.25) is 17.7 Å². The normalized spacial score (nSPS) is 14.8. The first kappa shape index (κ1) is 28.1. The fraction of sp³-hybridized carbons (Fsp3) is 0.737. The third kappa shape index (κ3) is 10.6. The van der Waals surface area contributed by atoms with E-state index < -0.39 is 47.9 Å². The second-order valence-corrected chi connectivity index (χ2v) is 8.10. The fourth-order valence-electron chi connectivity index (χ4n) is 2.62. The molecule has 0 aliphatic heterocycles. The van der Waals surface area contributed by atoms with Gasteiger partial charge in [-0.1, -0.05) is 27.7 Å². The summed E-state index contributed by atoms with van der Waals surface area (Å²) in [6, 6.07) is -3.87. The second kappa shape index (κ2) is 13.4. The monoisotopic (exact) mass is 443 g/mol. The number of amides is 3. The van der Waals surface area contributed by atoms with Crippen LogP contribution in [-0.4, -0.2) is 65.5 Å². The van der Waals surface area contributed by atoms with E-state index in [1.165, 1.54) is 6.92 Å². The summed E-state index contributed by atoms with van der Waals surface area (Å²) in [5, 5.41) is 17.0. The fourth-order valence-corrected chi connectivity index (χ4v) is 2.62. The summed E-state index contributed by atoms with van der Waals surface area (Å²) in [5.74, 6) is -3.61. The Bertz CT molecular complexity index is 660. The van der Waals surface area contributed by atoms with Crippen LogP contribution >= 0.6 is 0 Å². The molecule has 10 N–H and O–H groups in total. The molecule has 0 aliphatic rings. The van der Waals surface area contributed by atoms with E-state index in [0.29, 0.717) is 6.42 Å². The summed E-state index contributed by atoms with van der Waals surface area (Å²) in [7, 11) is 0. The van der Waals surface area contributed by atoms with Crippen molar-refractivity contribution in [3.63, 3.8) is 0 Å². The SMILES string of the molecule is CC(N)C(=O)NC(C(=O)NC(C(=O)NC(CCCN=C(N)N)C(=O)O)C(C)C)C(C)C. The number of rotatable bonds is 13. The Hall–Kier alpha value is -2.89. The van der Waals surface area contributed by atoms with E-state index in [1.54, 1.807) is 27.7 Å². The zero-order chi connectivity index (χ0) is 24.3. The van der Waals surface area contributed by atoms with Crippen molar-refractivity contribution >= 4 is 29.7 Å². The molecule has 0 spiro atoms. The number of hydrogen-bond acceptors (Lipinski definition) is 6. The minimum absolute atomic E-state index is 0.102. The molecule has 0 aliphatic carbocycles. The molecule has 0 aromatic rings. The number of guanidine groups is 1. The van der Waals surface area contributed by atoms with Crippen LogP contribution in [0.2, 0.25) is 0 Å². The summed E-state index contributed by atoms with van der Waals surface area (Å²) in [4.78, 5) is 52.7. The van der Waals surface area contributed by atoms with Gasteiger partial charge >= 0.3 is 5.97 Å². The van der Waals surface area contributed by atoms with Gasteiger partial charge < -0.3 is 38.3 Å². The molecule has 3 amide bonds. The molecule has 0 bridgehead atoms. The van der Waals surface area contributed by atoms with Crippen LogP contribution < -0.4 is 33.2 Å². The number of carboxylic acids is 1. The number of hydrogen-bond donors (Lipinski definition) is 7. The lowest BCUT2D eigenvalue weighted by Crippen LogP contribution is -2.59. The first-order chi connectivity index (χ1) is 14.3. The number of nitrogens with two attached hydrogens (primary N) is 3. The van der Waals surface area contributed by atoms with Gasteiger partial charge in [-0.2, -0.15) is 0 Å². The lowest BCUT2D eigenvalue weighted by Gasteiger charge is -2.28. The van der Waals surface area contributed by atoms with Crippen LogP contribution in [0.4, 0.5) is 0 Å². The lowest BCUT2D eigenvalue weighted by atomic mass is 9.99. The predicted molar refractivity (Wildman–Crippen MR) is 117 cm³/mol. The van der Waals surface area contributed by atoms with Crippen LogP contribution in [0.3, 0.4) is 0 Å².